The highest BCUT2D eigenvalue weighted by Gasteiger charge is 2.58. The van der Waals surface area contributed by atoms with E-state index in [0.29, 0.717) is 12.1 Å². The van der Waals surface area contributed by atoms with Gasteiger partial charge in [0.1, 0.15) is 17.4 Å². The second-order valence-electron chi connectivity index (χ2n) is 9.73. The average Bonchev–Trinajstić information content (AvgIpc) is 3.12. The molecule has 1 N–H and O–H groups in total. The number of carbonyl (C=O) groups excluding carboxylic acids is 4. The Hall–Kier alpha value is -3.79. The van der Waals surface area contributed by atoms with Crippen molar-refractivity contribution < 1.29 is 28.3 Å². The molecule has 0 aliphatic carbocycles. The minimum absolute atomic E-state index is 0.139. The summed E-state index contributed by atoms with van der Waals surface area (Å²) in [7, 11) is 2.89. The third-order valence-corrected chi connectivity index (χ3v) is 7.60. The largest absolute Gasteiger partial charge is 0.379 e. The van der Waals surface area contributed by atoms with Gasteiger partial charge in [0, 0.05) is 32.9 Å². The molecular weight excluding hydrogens is 491 g/mol. The van der Waals surface area contributed by atoms with Crippen LogP contribution >= 0.6 is 0 Å². The van der Waals surface area contributed by atoms with Crippen LogP contribution in [0.25, 0.3) is 0 Å². The average molecular weight is 525 g/mol. The number of nitrogens with one attached hydrogen (secondary N) is 1. The molecule has 0 saturated carbocycles. The van der Waals surface area contributed by atoms with Gasteiger partial charge in [-0.1, -0.05) is 31.2 Å². The van der Waals surface area contributed by atoms with Crippen molar-refractivity contribution in [3.05, 3.63) is 65.5 Å². The zero-order chi connectivity index (χ0) is 27.6. The lowest BCUT2D eigenvalue weighted by atomic mass is 9.85. The Bertz CT molecular complexity index is 1230. The van der Waals surface area contributed by atoms with E-state index < -0.39 is 41.3 Å². The van der Waals surface area contributed by atoms with Crippen molar-refractivity contribution in [1.82, 2.24) is 15.1 Å². The van der Waals surface area contributed by atoms with E-state index >= 15 is 0 Å². The topological polar surface area (TPSA) is 99.3 Å². The number of rotatable bonds is 7. The number of methoxy groups -OCH3 is 1. The molecule has 1 spiro atoms. The molecule has 9 nitrogen and oxygen atoms in total. The fourth-order valence-corrected chi connectivity index (χ4v) is 5.19. The minimum Gasteiger partial charge on any atom is -0.379 e. The Morgan fingerprint density at radius 1 is 1.11 bits per heavy atom. The third-order valence-electron chi connectivity index (χ3n) is 7.60. The quantitative estimate of drug-likeness (QED) is 0.562. The van der Waals surface area contributed by atoms with E-state index in [2.05, 4.69) is 5.32 Å². The maximum absolute atomic E-state index is 14.4. The molecule has 2 heterocycles. The van der Waals surface area contributed by atoms with Gasteiger partial charge in [-0.25, -0.2) is 9.18 Å². The number of halogens is 1. The van der Waals surface area contributed by atoms with Gasteiger partial charge in [-0.05, 0) is 56.0 Å². The van der Waals surface area contributed by atoms with E-state index in [1.165, 1.54) is 31.2 Å². The van der Waals surface area contributed by atoms with Crippen LogP contribution in [0.5, 0.6) is 0 Å². The number of piperidine rings is 1. The highest BCUT2D eigenvalue weighted by molar-refractivity contribution is 6.16. The fourth-order valence-electron chi connectivity index (χ4n) is 5.19. The number of hydrogen-bond acceptors (Lipinski definition) is 5. The van der Waals surface area contributed by atoms with Gasteiger partial charge in [0.15, 0.2) is 0 Å². The number of ether oxygens (including phenoxy) is 1. The molecule has 4 rings (SSSR count). The second kappa shape index (κ2) is 10.9. The van der Waals surface area contributed by atoms with Crippen LogP contribution in [0.2, 0.25) is 0 Å². The van der Waals surface area contributed by atoms with Gasteiger partial charge in [-0.3, -0.25) is 24.2 Å². The molecule has 2 aliphatic rings. The first-order chi connectivity index (χ1) is 18.1. The first kappa shape index (κ1) is 27.3. The van der Waals surface area contributed by atoms with E-state index in [4.69, 9.17) is 4.74 Å². The standard InChI is InChI=1S/C28H33FN4O5/c1-5-19-11-12-22(29)21(17-19)24(34)30-23(18(2)38-4)25(35)32-15-13-28(14-16-32)26(36)31(3)27(37)33(28)20-9-7-6-8-10-20/h6-12,17-18,23H,5,13-16H2,1-4H3,(H,30,34). The highest BCUT2D eigenvalue weighted by Crippen LogP contribution is 2.40. The summed E-state index contributed by atoms with van der Waals surface area (Å²) >= 11 is 0. The molecule has 5 amide bonds. The molecule has 10 heteroatoms. The lowest BCUT2D eigenvalue weighted by Crippen LogP contribution is -2.61. The van der Waals surface area contributed by atoms with Crippen molar-refractivity contribution in [2.24, 2.45) is 0 Å². The Kier molecular flexibility index (Phi) is 7.82. The van der Waals surface area contributed by atoms with E-state index in [-0.39, 0.29) is 37.4 Å². The molecule has 0 bridgehead atoms. The number of para-hydroxylation sites is 1. The summed E-state index contributed by atoms with van der Waals surface area (Å²) in [4.78, 5) is 57.1. The Morgan fingerprint density at radius 3 is 2.37 bits per heavy atom. The lowest BCUT2D eigenvalue weighted by Gasteiger charge is -2.43. The van der Waals surface area contributed by atoms with Crippen molar-refractivity contribution in [2.45, 2.75) is 50.8 Å². The van der Waals surface area contributed by atoms with Crippen molar-refractivity contribution in [1.29, 1.82) is 0 Å². The molecule has 2 aromatic carbocycles. The second-order valence-corrected chi connectivity index (χ2v) is 9.73. The third kappa shape index (κ3) is 4.76. The van der Waals surface area contributed by atoms with Crippen LogP contribution < -0.4 is 10.2 Å². The zero-order valence-corrected chi connectivity index (χ0v) is 22.1. The number of amides is 5. The minimum atomic E-state index is -1.10. The predicted octanol–water partition coefficient (Wildman–Crippen LogP) is 2.98. The number of benzene rings is 2. The number of urea groups is 1. The van der Waals surface area contributed by atoms with Gasteiger partial charge < -0.3 is 15.0 Å². The molecule has 2 aliphatic heterocycles. The summed E-state index contributed by atoms with van der Waals surface area (Å²) < 4.78 is 19.8. The van der Waals surface area contributed by atoms with Crippen LogP contribution in [0.3, 0.4) is 0 Å². The molecule has 2 atom stereocenters. The van der Waals surface area contributed by atoms with E-state index in [9.17, 15) is 23.6 Å². The van der Waals surface area contributed by atoms with Gasteiger partial charge in [0.05, 0.1) is 11.7 Å². The smallest absolute Gasteiger partial charge is 0.331 e. The molecule has 2 fully saturated rings. The number of nitrogens with zero attached hydrogens (tertiary/aromatic N) is 3. The van der Waals surface area contributed by atoms with Crippen LogP contribution in [0.4, 0.5) is 14.9 Å². The number of carbonyl (C=O) groups is 4. The molecule has 0 aromatic heterocycles. The van der Waals surface area contributed by atoms with Crippen LogP contribution in [0, 0.1) is 5.82 Å². The molecule has 2 aromatic rings. The van der Waals surface area contributed by atoms with E-state index in [1.807, 2.05) is 13.0 Å². The van der Waals surface area contributed by atoms with Crippen molar-refractivity contribution in [3.8, 4) is 0 Å². The summed E-state index contributed by atoms with van der Waals surface area (Å²) in [5.41, 5.74) is 0.174. The molecule has 0 radical (unpaired) electrons. The van der Waals surface area contributed by atoms with Gasteiger partial charge in [0.25, 0.3) is 11.8 Å². The summed E-state index contributed by atoms with van der Waals surface area (Å²) in [5.74, 6) is -2.08. The van der Waals surface area contributed by atoms with Gasteiger partial charge in [-0.15, -0.1) is 0 Å². The van der Waals surface area contributed by atoms with Crippen LogP contribution in [0.15, 0.2) is 48.5 Å². The molecule has 2 saturated heterocycles. The zero-order valence-electron chi connectivity index (χ0n) is 22.1. The highest BCUT2D eigenvalue weighted by atomic mass is 19.1. The van der Waals surface area contributed by atoms with E-state index in [1.54, 1.807) is 42.2 Å². The SMILES string of the molecule is CCc1ccc(F)c(C(=O)NC(C(=O)N2CCC3(CC2)C(=O)N(C)C(=O)N3c2ccccc2)C(C)OC)c1. The number of anilines is 1. The van der Waals surface area contributed by atoms with Gasteiger partial charge >= 0.3 is 6.03 Å². The number of likely N-dealkylation sites (tertiary alicyclic amines) is 1. The Morgan fingerprint density at radius 2 is 1.76 bits per heavy atom. The predicted molar refractivity (Wildman–Crippen MR) is 139 cm³/mol. The Balaban J connectivity index is 1.54. The summed E-state index contributed by atoms with van der Waals surface area (Å²) in [6.07, 6.45) is 0.403. The number of aryl methyl sites for hydroxylation is 1. The maximum Gasteiger partial charge on any atom is 0.331 e. The summed E-state index contributed by atoms with van der Waals surface area (Å²) in [6, 6.07) is 11.8. The van der Waals surface area contributed by atoms with Crippen molar-refractivity contribution in [2.75, 3.05) is 32.1 Å². The van der Waals surface area contributed by atoms with Gasteiger partial charge in [-0.2, -0.15) is 0 Å². The first-order valence-electron chi connectivity index (χ1n) is 12.7. The number of likely N-dealkylation sites (N-methyl/N-ethyl adjacent to an activating group) is 1. The molecule has 202 valence electrons. The Labute approximate surface area is 221 Å². The summed E-state index contributed by atoms with van der Waals surface area (Å²) in [6.45, 7) is 3.93. The van der Waals surface area contributed by atoms with Crippen molar-refractivity contribution >= 4 is 29.4 Å². The summed E-state index contributed by atoms with van der Waals surface area (Å²) in [5, 5.41) is 2.66. The molecular formula is C28H33FN4O5. The molecule has 2 unspecified atom stereocenters. The van der Waals surface area contributed by atoms with Crippen LogP contribution in [-0.2, 0) is 20.7 Å². The molecule has 38 heavy (non-hydrogen) atoms. The number of imide groups is 1. The normalized spacial score (nSPS) is 18.6. The fraction of sp³-hybridized carbons (Fsp3) is 0.429. The lowest BCUT2D eigenvalue weighted by molar-refractivity contribution is -0.141. The van der Waals surface area contributed by atoms with Crippen molar-refractivity contribution in [3.63, 3.8) is 0 Å². The van der Waals surface area contributed by atoms with Crippen LogP contribution in [-0.4, -0.2) is 78.5 Å². The monoisotopic (exact) mass is 524 g/mol. The first-order valence-corrected chi connectivity index (χ1v) is 12.7. The maximum atomic E-state index is 14.4. The van der Waals surface area contributed by atoms with E-state index in [0.717, 1.165) is 10.5 Å². The number of hydrogen-bond donors (Lipinski definition) is 1. The van der Waals surface area contributed by atoms with Crippen LogP contribution in [0.1, 0.15) is 42.6 Å². The van der Waals surface area contributed by atoms with Gasteiger partial charge in [0.2, 0.25) is 5.91 Å².